The summed E-state index contributed by atoms with van der Waals surface area (Å²) in [4.78, 5) is 0. The summed E-state index contributed by atoms with van der Waals surface area (Å²) in [6.45, 7) is 43.1. The number of phenolic OH excluding ortho intramolecular Hbond substituents is 2. The van der Waals surface area contributed by atoms with Crippen molar-refractivity contribution in [2.24, 2.45) is 46.8 Å². The number of rotatable bonds is 27. The number of aryl methyl sites for hydroxylation is 1. The Morgan fingerprint density at radius 2 is 1.23 bits per heavy atom. The molecular formula is C82H132O5. The van der Waals surface area contributed by atoms with Crippen LogP contribution in [0.15, 0.2) is 88.6 Å². The van der Waals surface area contributed by atoms with Crippen molar-refractivity contribution < 1.29 is 24.8 Å². The van der Waals surface area contributed by atoms with Gasteiger partial charge in [-0.1, -0.05) is 184 Å². The zero-order valence-electron chi connectivity index (χ0n) is 59.3. The van der Waals surface area contributed by atoms with Crippen molar-refractivity contribution in [3.63, 3.8) is 0 Å². The third-order valence-corrected chi connectivity index (χ3v) is 21.8. The molecule has 5 heteroatoms. The van der Waals surface area contributed by atoms with Gasteiger partial charge in [0.25, 0.3) is 0 Å². The number of phenols is 2. The minimum atomic E-state index is -0.172. The first-order valence-electron chi connectivity index (χ1n) is 35.8. The normalized spacial score (nSPS) is 25.7. The van der Waals surface area contributed by atoms with Gasteiger partial charge in [0, 0.05) is 5.56 Å². The second-order valence-corrected chi connectivity index (χ2v) is 31.1. The molecule has 0 spiro atoms. The molecule has 3 fully saturated rings. The molecule has 0 radical (unpaired) electrons. The van der Waals surface area contributed by atoms with Gasteiger partial charge in [0.2, 0.25) is 0 Å². The summed E-state index contributed by atoms with van der Waals surface area (Å²) < 4.78 is 12.9. The van der Waals surface area contributed by atoms with E-state index in [-0.39, 0.29) is 17.3 Å². The lowest BCUT2D eigenvalue weighted by atomic mass is 9.60. The third-order valence-electron chi connectivity index (χ3n) is 21.8. The molecule has 1 unspecified atom stereocenters. The zero-order chi connectivity index (χ0) is 64.1. The summed E-state index contributed by atoms with van der Waals surface area (Å²) in [5.74, 6) is 8.66. The molecule has 0 saturated heterocycles. The number of ether oxygens (including phenoxy) is 2. The van der Waals surface area contributed by atoms with E-state index in [1.165, 1.54) is 143 Å². The van der Waals surface area contributed by atoms with Crippen LogP contribution in [0.25, 0.3) is 0 Å². The maximum absolute atomic E-state index is 10.4. The molecule has 2 aliphatic heterocycles. The van der Waals surface area contributed by atoms with E-state index < -0.39 is 0 Å². The molecule has 87 heavy (non-hydrogen) atoms. The van der Waals surface area contributed by atoms with E-state index in [1.54, 1.807) is 11.6 Å². The van der Waals surface area contributed by atoms with E-state index in [0.29, 0.717) is 16.9 Å². The smallest absolute Gasteiger partial charge is 0.127 e. The predicted octanol–water partition coefficient (Wildman–Crippen LogP) is 24.1. The second kappa shape index (κ2) is 35.6. The molecular weight excluding hydrogens is 1060 g/mol. The minimum absolute atomic E-state index is 0.0712. The highest BCUT2D eigenvalue weighted by Gasteiger charge is 2.50. The van der Waals surface area contributed by atoms with Crippen LogP contribution in [0.5, 0.6) is 23.0 Å². The standard InChI is InChI=1S/C29H50O2.C27H44O.C26H38O2/c1-20(2)12-9-13-21(3)14-10-15-22(4)16-11-18-29(8)19-17-26-25(7)27(30)23(5)24(6)28(26)31-29;1-19(2)8-6-9-21(4)25-15-16-26-22(10-7-17-27(25,26)5)12-13-23-18-24(28)14-11-20(23)3;1-20(2)9-6-10-21(3)11-7-12-22(4)13-8-17-26(5)18-16-23-19-24(27)14-15-25(23)28-26/h20-22,30H,9-19H2,1-8H3;12-13,19,21,24-26,28H,3,6-11,14-18H2,1-2,4-5H3;9,11,13-15,19,27H,6-8,10,12,16-18H2,1-5H3/b;22-12+,23-13-;21-11+,22-13+/t21-,22-,29-;21-,24+,25-,26+,27-;/m11./s1. The molecule has 2 heterocycles. The van der Waals surface area contributed by atoms with Crippen molar-refractivity contribution in [2.45, 2.75) is 328 Å². The average molecular weight is 1200 g/mol. The van der Waals surface area contributed by atoms with Crippen LogP contribution in [-0.2, 0) is 12.8 Å². The van der Waals surface area contributed by atoms with E-state index in [4.69, 9.17) is 9.47 Å². The van der Waals surface area contributed by atoms with Gasteiger partial charge in [-0.3, -0.25) is 0 Å². The van der Waals surface area contributed by atoms with Crippen LogP contribution in [0.1, 0.15) is 305 Å². The fourth-order valence-corrected chi connectivity index (χ4v) is 15.6. The number of benzene rings is 2. The lowest BCUT2D eigenvalue weighted by Crippen LogP contribution is -2.37. The highest BCUT2D eigenvalue weighted by molar-refractivity contribution is 5.58. The first-order chi connectivity index (χ1) is 41.1. The number of aliphatic hydroxyl groups excluding tert-OH is 1. The van der Waals surface area contributed by atoms with Crippen molar-refractivity contribution in [2.75, 3.05) is 0 Å². The van der Waals surface area contributed by atoms with E-state index in [1.807, 2.05) is 26.0 Å². The quantitative estimate of drug-likeness (QED) is 0.0777. The van der Waals surface area contributed by atoms with Gasteiger partial charge in [0.1, 0.15) is 34.2 Å². The summed E-state index contributed by atoms with van der Waals surface area (Å²) in [5, 5.41) is 30.0. The van der Waals surface area contributed by atoms with Crippen LogP contribution in [0.4, 0.5) is 0 Å². The van der Waals surface area contributed by atoms with Crippen molar-refractivity contribution in [3.05, 3.63) is 116 Å². The van der Waals surface area contributed by atoms with E-state index >= 15 is 0 Å². The van der Waals surface area contributed by atoms with Crippen molar-refractivity contribution in [1.82, 2.24) is 0 Å². The molecule has 0 aromatic heterocycles. The van der Waals surface area contributed by atoms with E-state index in [0.717, 1.165) is 159 Å². The summed E-state index contributed by atoms with van der Waals surface area (Å²) in [6.07, 6.45) is 48.0. The molecule has 3 aliphatic carbocycles. The molecule has 7 rings (SSSR count). The molecule has 9 atom stereocenters. The van der Waals surface area contributed by atoms with Crippen molar-refractivity contribution >= 4 is 0 Å². The highest BCUT2D eigenvalue weighted by Crippen LogP contribution is 2.60. The van der Waals surface area contributed by atoms with Crippen LogP contribution < -0.4 is 9.47 Å². The Balaban J connectivity index is 0.000000238. The SMILES string of the molecule is C=C1CC[C@H](O)C/C1=C/C=C1\CCC[C@]2(C)[C@@H]([C@H](C)CCCC(C)C)CC[C@@H]12.CC(C)=CCC/C(C)=C/CC/C(C)=C/CCC1(C)CCc2cc(O)ccc2O1.Cc1c(C)c2c(c(C)c1O)CC[C@@](C)(CCC[C@H](C)CCC[C@H](C)CCCC(C)C)O2. The molecule has 490 valence electrons. The van der Waals surface area contributed by atoms with Gasteiger partial charge in [-0.05, 0) is 284 Å². The maximum atomic E-state index is 10.4. The fraction of sp³-hybridized carbons (Fsp3) is 0.707. The Hall–Kier alpha value is -3.96. The largest absolute Gasteiger partial charge is 0.508 e. The monoisotopic (exact) mass is 1200 g/mol. The Labute approximate surface area is 535 Å². The van der Waals surface area contributed by atoms with Crippen LogP contribution in [0.2, 0.25) is 0 Å². The molecule has 0 bridgehead atoms. The van der Waals surface area contributed by atoms with Crippen molar-refractivity contribution in [3.8, 4) is 23.0 Å². The average Bonchev–Trinajstić information content (AvgIpc) is 1.80. The number of hydrogen-bond donors (Lipinski definition) is 3. The van der Waals surface area contributed by atoms with Crippen LogP contribution in [0, 0.1) is 67.6 Å². The number of fused-ring (bicyclic) bond motifs is 3. The van der Waals surface area contributed by atoms with Gasteiger partial charge in [-0.2, -0.15) is 0 Å². The Morgan fingerprint density at radius 3 is 1.89 bits per heavy atom. The minimum Gasteiger partial charge on any atom is -0.508 e. The topological polar surface area (TPSA) is 79.2 Å². The summed E-state index contributed by atoms with van der Waals surface area (Å²) in [6, 6.07) is 5.44. The second-order valence-electron chi connectivity index (χ2n) is 31.1. The van der Waals surface area contributed by atoms with Crippen LogP contribution in [-0.4, -0.2) is 32.6 Å². The summed E-state index contributed by atoms with van der Waals surface area (Å²) in [5.41, 5.74) is 14.3. The molecule has 5 aliphatic rings. The summed E-state index contributed by atoms with van der Waals surface area (Å²) >= 11 is 0. The Bertz CT molecular complexity index is 2610. The van der Waals surface area contributed by atoms with Gasteiger partial charge in [0.15, 0.2) is 0 Å². The van der Waals surface area contributed by atoms with Gasteiger partial charge in [0.05, 0.1) is 6.10 Å². The number of hydrogen-bond acceptors (Lipinski definition) is 5. The fourth-order valence-electron chi connectivity index (χ4n) is 15.6. The van der Waals surface area contributed by atoms with Crippen LogP contribution >= 0.6 is 0 Å². The lowest BCUT2D eigenvalue weighted by Gasteiger charge is -2.44. The molecule has 2 aromatic rings. The number of aliphatic hydroxyl groups is 1. The first kappa shape index (κ1) is 73.8. The predicted molar refractivity (Wildman–Crippen MR) is 376 cm³/mol. The van der Waals surface area contributed by atoms with E-state index in [2.05, 4.69) is 141 Å². The van der Waals surface area contributed by atoms with Gasteiger partial charge < -0.3 is 24.8 Å². The number of allylic oxidation sites excluding steroid dienone is 10. The lowest BCUT2D eigenvalue weighted by molar-refractivity contribution is 0.0511. The first-order valence-corrected chi connectivity index (χ1v) is 35.8. The molecule has 0 amide bonds. The van der Waals surface area contributed by atoms with Gasteiger partial charge >= 0.3 is 0 Å². The molecule has 5 nitrogen and oxygen atoms in total. The molecule has 3 saturated carbocycles. The van der Waals surface area contributed by atoms with Crippen molar-refractivity contribution in [1.29, 1.82) is 0 Å². The van der Waals surface area contributed by atoms with Crippen LogP contribution in [0.3, 0.4) is 0 Å². The Morgan fingerprint density at radius 1 is 0.632 bits per heavy atom. The zero-order valence-corrected chi connectivity index (χ0v) is 59.3. The number of aromatic hydroxyl groups is 2. The highest BCUT2D eigenvalue weighted by atomic mass is 16.5. The molecule has 2 aromatic carbocycles. The van der Waals surface area contributed by atoms with Gasteiger partial charge in [-0.25, -0.2) is 0 Å². The Kier molecular flexibility index (Phi) is 30.2. The maximum Gasteiger partial charge on any atom is 0.127 e. The van der Waals surface area contributed by atoms with Gasteiger partial charge in [-0.15, -0.1) is 0 Å². The third kappa shape index (κ3) is 23.7. The molecule has 3 N–H and O–H groups in total. The van der Waals surface area contributed by atoms with E-state index in [9.17, 15) is 15.3 Å². The summed E-state index contributed by atoms with van der Waals surface area (Å²) in [7, 11) is 0.